The summed E-state index contributed by atoms with van der Waals surface area (Å²) >= 11 is 0. The van der Waals surface area contributed by atoms with E-state index >= 15 is 0 Å². The molecule has 8 heteroatoms. The monoisotopic (exact) mass is 708 g/mol. The highest BCUT2D eigenvalue weighted by atomic mass is 33.1. The largest absolute Gasteiger partial charge is 0.285 e. The van der Waals surface area contributed by atoms with Gasteiger partial charge in [-0.15, -0.1) is 0 Å². The standard InChI is InChI=1S/C44H32N6S2/c1-7-19-33(20-8-1)31-45-39-43(49(37-27-15-5-16-28-37)41(47-39)35-23-11-3-12-24-35)51-52-44-40(46-32-34-21-9-2-10-22-34)48-42(36-25-13-4-14-26-36)50(44)38-29-17-6-18-30-38/h1-32H/b45-31-,46-32+. The Hall–Kier alpha value is -6.22. The van der Waals surface area contributed by atoms with Gasteiger partial charge in [0.2, 0.25) is 0 Å². The number of aliphatic imine (C=N–C) groups is 2. The van der Waals surface area contributed by atoms with Gasteiger partial charge in [0.05, 0.1) is 0 Å². The van der Waals surface area contributed by atoms with E-state index in [0.717, 1.165) is 55.3 Å². The molecular weight excluding hydrogens is 677 g/mol. The van der Waals surface area contributed by atoms with Gasteiger partial charge in [-0.25, -0.2) is 20.0 Å². The summed E-state index contributed by atoms with van der Waals surface area (Å²) in [4.78, 5) is 20.4. The molecule has 0 radical (unpaired) electrons. The Kier molecular flexibility index (Phi) is 9.99. The van der Waals surface area contributed by atoms with Crippen molar-refractivity contribution in [2.24, 2.45) is 9.98 Å². The van der Waals surface area contributed by atoms with Gasteiger partial charge in [0.25, 0.3) is 0 Å². The molecule has 250 valence electrons. The molecule has 2 aromatic heterocycles. The van der Waals surface area contributed by atoms with Crippen LogP contribution < -0.4 is 0 Å². The normalized spacial score (nSPS) is 11.5. The number of hydrogen-bond donors (Lipinski definition) is 0. The van der Waals surface area contributed by atoms with Crippen LogP contribution in [-0.4, -0.2) is 31.5 Å². The number of aromatic nitrogens is 4. The minimum atomic E-state index is 0.618. The summed E-state index contributed by atoms with van der Waals surface area (Å²) in [5.74, 6) is 2.85. The average Bonchev–Trinajstić information content (AvgIpc) is 3.78. The third-order valence-electron chi connectivity index (χ3n) is 8.20. The van der Waals surface area contributed by atoms with Crippen molar-refractivity contribution in [1.82, 2.24) is 19.1 Å². The van der Waals surface area contributed by atoms with Gasteiger partial charge >= 0.3 is 0 Å². The smallest absolute Gasteiger partial charge is 0.186 e. The lowest BCUT2D eigenvalue weighted by molar-refractivity contribution is 0.959. The zero-order valence-corrected chi connectivity index (χ0v) is 29.6. The van der Waals surface area contributed by atoms with E-state index in [1.807, 2.05) is 146 Å². The van der Waals surface area contributed by atoms with Crippen LogP contribution in [-0.2, 0) is 0 Å². The second-order valence-electron chi connectivity index (χ2n) is 11.7. The molecule has 0 fully saturated rings. The topological polar surface area (TPSA) is 60.4 Å². The SMILES string of the molecule is C(=N/c1nc(-c2ccccc2)n(-c2ccccc2)c1SSc1c(/N=C/c2ccccc2)nc(-c2ccccc2)n1-c1ccccc1)/c1ccccc1. The molecular formula is C44H32N6S2. The van der Waals surface area contributed by atoms with Crippen molar-refractivity contribution >= 4 is 45.7 Å². The number of para-hydroxylation sites is 2. The van der Waals surface area contributed by atoms with E-state index in [1.165, 1.54) is 0 Å². The first kappa shape index (κ1) is 33.0. The van der Waals surface area contributed by atoms with Crippen molar-refractivity contribution in [1.29, 1.82) is 0 Å². The number of imidazole rings is 2. The van der Waals surface area contributed by atoms with Crippen LogP contribution in [0.25, 0.3) is 34.2 Å². The van der Waals surface area contributed by atoms with Crippen molar-refractivity contribution in [3.05, 3.63) is 193 Å². The third-order valence-corrected chi connectivity index (χ3v) is 10.5. The number of rotatable bonds is 11. The van der Waals surface area contributed by atoms with Gasteiger partial charge in [0, 0.05) is 34.9 Å². The molecule has 0 aliphatic rings. The summed E-state index contributed by atoms with van der Waals surface area (Å²) in [6, 6.07) is 61.4. The highest BCUT2D eigenvalue weighted by Crippen LogP contribution is 2.49. The van der Waals surface area contributed by atoms with E-state index in [2.05, 4.69) is 57.7 Å². The molecule has 0 unspecified atom stereocenters. The summed E-state index contributed by atoms with van der Waals surface area (Å²) in [5.41, 5.74) is 5.95. The molecule has 0 spiro atoms. The fraction of sp³-hybridized carbons (Fsp3) is 0. The van der Waals surface area contributed by atoms with Crippen LogP contribution in [0.1, 0.15) is 11.1 Å². The van der Waals surface area contributed by atoms with Crippen molar-refractivity contribution in [3.8, 4) is 34.2 Å². The zero-order valence-electron chi connectivity index (χ0n) is 28.0. The highest BCUT2D eigenvalue weighted by molar-refractivity contribution is 8.76. The minimum Gasteiger partial charge on any atom is -0.285 e. The Bertz CT molecular complexity index is 2250. The molecule has 0 amide bonds. The number of hydrogen-bond acceptors (Lipinski definition) is 6. The van der Waals surface area contributed by atoms with Gasteiger partial charge in [-0.3, -0.25) is 9.13 Å². The van der Waals surface area contributed by atoms with E-state index in [9.17, 15) is 0 Å². The summed E-state index contributed by atoms with van der Waals surface area (Å²) in [6.45, 7) is 0. The molecule has 8 rings (SSSR count). The van der Waals surface area contributed by atoms with Crippen LogP contribution in [0.5, 0.6) is 0 Å². The average molecular weight is 709 g/mol. The quantitative estimate of drug-likeness (QED) is 0.0991. The Labute approximate surface area is 310 Å². The van der Waals surface area contributed by atoms with Crippen molar-refractivity contribution < 1.29 is 0 Å². The van der Waals surface area contributed by atoms with Gasteiger partial charge in [0.15, 0.2) is 11.6 Å². The maximum absolute atomic E-state index is 5.19. The van der Waals surface area contributed by atoms with E-state index in [4.69, 9.17) is 20.0 Å². The highest BCUT2D eigenvalue weighted by Gasteiger charge is 2.25. The molecule has 0 saturated heterocycles. The van der Waals surface area contributed by atoms with Crippen molar-refractivity contribution in [2.45, 2.75) is 10.1 Å². The van der Waals surface area contributed by atoms with Crippen LogP contribution in [0.15, 0.2) is 202 Å². The van der Waals surface area contributed by atoms with E-state index in [0.29, 0.717) is 11.6 Å². The zero-order chi connectivity index (χ0) is 35.0. The molecule has 6 nitrogen and oxygen atoms in total. The minimum absolute atomic E-state index is 0.618. The Morgan fingerprint density at radius 1 is 0.385 bits per heavy atom. The predicted octanol–water partition coefficient (Wildman–Crippen LogP) is 11.7. The van der Waals surface area contributed by atoms with E-state index < -0.39 is 0 Å². The molecule has 0 atom stereocenters. The van der Waals surface area contributed by atoms with Gasteiger partial charge in [-0.2, -0.15) is 0 Å². The lowest BCUT2D eigenvalue weighted by Gasteiger charge is -2.14. The maximum atomic E-state index is 5.19. The maximum Gasteiger partial charge on any atom is 0.186 e. The summed E-state index contributed by atoms with van der Waals surface area (Å²) < 4.78 is 4.39. The van der Waals surface area contributed by atoms with Crippen molar-refractivity contribution in [2.75, 3.05) is 0 Å². The molecule has 2 heterocycles. The Morgan fingerprint density at radius 3 is 1.04 bits per heavy atom. The first-order valence-corrected chi connectivity index (χ1v) is 19.0. The van der Waals surface area contributed by atoms with Crippen LogP contribution in [0.2, 0.25) is 0 Å². The van der Waals surface area contributed by atoms with Crippen LogP contribution >= 0.6 is 21.6 Å². The summed E-state index contributed by atoms with van der Waals surface area (Å²) in [5, 5.41) is 1.75. The van der Waals surface area contributed by atoms with Gasteiger partial charge < -0.3 is 0 Å². The first-order chi connectivity index (χ1) is 25.8. The summed E-state index contributed by atoms with van der Waals surface area (Å²) in [6.07, 6.45) is 3.75. The second kappa shape index (κ2) is 15.8. The van der Waals surface area contributed by atoms with Crippen LogP contribution in [0.3, 0.4) is 0 Å². The third kappa shape index (κ3) is 7.30. The van der Waals surface area contributed by atoms with Crippen LogP contribution in [0, 0.1) is 0 Å². The Balaban J connectivity index is 1.31. The fourth-order valence-electron chi connectivity index (χ4n) is 5.73. The van der Waals surface area contributed by atoms with Gasteiger partial charge in [-0.1, -0.05) is 158 Å². The number of nitrogens with zero attached hydrogens (tertiary/aromatic N) is 6. The van der Waals surface area contributed by atoms with E-state index in [1.54, 1.807) is 21.6 Å². The van der Waals surface area contributed by atoms with Crippen molar-refractivity contribution in [3.63, 3.8) is 0 Å². The van der Waals surface area contributed by atoms with Crippen LogP contribution in [0.4, 0.5) is 11.6 Å². The lowest BCUT2D eigenvalue weighted by Crippen LogP contribution is -2.00. The van der Waals surface area contributed by atoms with Gasteiger partial charge in [-0.05, 0) is 57.0 Å². The molecule has 0 bridgehead atoms. The first-order valence-electron chi connectivity index (χ1n) is 16.8. The molecule has 8 aromatic rings. The van der Waals surface area contributed by atoms with Gasteiger partial charge in [0.1, 0.15) is 21.7 Å². The number of benzene rings is 6. The molecule has 0 N–H and O–H groups in total. The molecule has 6 aromatic carbocycles. The molecule has 52 heavy (non-hydrogen) atoms. The second-order valence-corrected chi connectivity index (χ2v) is 13.8. The summed E-state index contributed by atoms with van der Waals surface area (Å²) in [7, 11) is 3.19. The lowest BCUT2D eigenvalue weighted by atomic mass is 10.2. The molecule has 0 saturated carbocycles. The predicted molar refractivity (Wildman–Crippen MR) is 217 cm³/mol. The van der Waals surface area contributed by atoms with E-state index in [-0.39, 0.29) is 0 Å². The molecule has 0 aliphatic carbocycles. The molecule has 0 aliphatic heterocycles. The Morgan fingerprint density at radius 2 is 0.692 bits per heavy atom. The fourth-order valence-corrected chi connectivity index (χ4v) is 8.13.